The molecule has 0 spiro atoms. The van der Waals surface area contributed by atoms with Crippen molar-refractivity contribution in [3.63, 3.8) is 0 Å². The van der Waals surface area contributed by atoms with Gasteiger partial charge in [-0.15, -0.1) is 0 Å². The molecule has 0 atom stereocenters. The van der Waals surface area contributed by atoms with Crippen LogP contribution >= 0.6 is 0 Å². The van der Waals surface area contributed by atoms with Crippen LogP contribution in [0.5, 0.6) is 0 Å². The number of hydrogen-bond acceptors (Lipinski definition) is 3. The molecule has 4 heteroatoms. The number of allylic oxidation sites excluding steroid dienone is 3. The fourth-order valence-corrected chi connectivity index (χ4v) is 3.37. The second-order valence-corrected chi connectivity index (χ2v) is 7.22. The summed E-state index contributed by atoms with van der Waals surface area (Å²) in [6, 6.07) is 0. The predicted octanol–water partition coefficient (Wildman–Crippen LogP) is 5.82. The number of carboxylic acid groups (broad SMARTS) is 1. The van der Waals surface area contributed by atoms with E-state index in [-0.39, 0.29) is 12.4 Å². The number of carboxylic acids is 1. The molecule has 0 heterocycles. The maximum absolute atomic E-state index is 11.4. The number of ether oxygens (including phenoxy) is 1. The summed E-state index contributed by atoms with van der Waals surface area (Å²) in [6.45, 7) is 0.402. The van der Waals surface area contributed by atoms with Crippen LogP contribution in [-0.4, -0.2) is 23.7 Å². The molecule has 1 saturated carbocycles. The van der Waals surface area contributed by atoms with Crippen LogP contribution in [0.3, 0.4) is 0 Å². The number of unbranched alkanes of at least 4 members (excludes halogenated alkanes) is 2. The Balaban J connectivity index is 1.87. The number of hydrogen-bond donors (Lipinski definition) is 1. The third kappa shape index (κ3) is 13.7. The van der Waals surface area contributed by atoms with Crippen molar-refractivity contribution < 1.29 is 19.4 Å². The van der Waals surface area contributed by atoms with Crippen molar-refractivity contribution in [3.8, 4) is 0 Å². The third-order valence-electron chi connectivity index (χ3n) is 4.88. The van der Waals surface area contributed by atoms with Gasteiger partial charge in [0.15, 0.2) is 0 Å². The first-order chi connectivity index (χ1) is 12.7. The molecular formula is C22H36O4. The van der Waals surface area contributed by atoms with Gasteiger partial charge in [0.2, 0.25) is 0 Å². The molecule has 1 aliphatic carbocycles. The van der Waals surface area contributed by atoms with E-state index in [4.69, 9.17) is 9.84 Å². The molecule has 148 valence electrons. The molecule has 0 aromatic heterocycles. The lowest BCUT2D eigenvalue weighted by atomic mass is 9.86. The second kappa shape index (κ2) is 15.7. The van der Waals surface area contributed by atoms with Gasteiger partial charge in [-0.1, -0.05) is 62.8 Å². The molecule has 0 bridgehead atoms. The minimum Gasteiger partial charge on any atom is -0.481 e. The van der Waals surface area contributed by atoms with Gasteiger partial charge in [0.05, 0.1) is 6.61 Å². The Kier molecular flexibility index (Phi) is 13.5. The Morgan fingerprint density at radius 3 is 2.31 bits per heavy atom. The molecule has 1 aliphatic rings. The Morgan fingerprint density at radius 2 is 1.58 bits per heavy atom. The van der Waals surface area contributed by atoms with Crippen LogP contribution in [0.4, 0.5) is 0 Å². The van der Waals surface area contributed by atoms with Gasteiger partial charge in [-0.2, -0.15) is 0 Å². The summed E-state index contributed by atoms with van der Waals surface area (Å²) in [6.07, 6.45) is 22.9. The highest BCUT2D eigenvalue weighted by molar-refractivity contribution is 5.69. The molecule has 1 N–H and O–H groups in total. The minimum atomic E-state index is -0.818. The number of rotatable bonds is 14. The molecule has 26 heavy (non-hydrogen) atoms. The summed E-state index contributed by atoms with van der Waals surface area (Å²) in [4.78, 5) is 21.8. The minimum absolute atomic E-state index is 0.115. The van der Waals surface area contributed by atoms with Crippen molar-refractivity contribution in [3.05, 3.63) is 24.3 Å². The smallest absolute Gasteiger partial charge is 0.305 e. The first kappa shape index (κ1) is 22.5. The number of carbonyl (C=O) groups excluding carboxylic acids is 1. The van der Waals surface area contributed by atoms with Crippen LogP contribution in [0, 0.1) is 5.92 Å². The molecule has 0 aliphatic heterocycles. The van der Waals surface area contributed by atoms with Gasteiger partial charge < -0.3 is 9.84 Å². The molecule has 0 amide bonds. The fraction of sp³-hybridized carbons (Fsp3) is 0.727. The van der Waals surface area contributed by atoms with Crippen LogP contribution in [0.15, 0.2) is 24.3 Å². The van der Waals surface area contributed by atoms with Gasteiger partial charge in [-0.05, 0) is 44.4 Å². The maximum Gasteiger partial charge on any atom is 0.305 e. The first-order valence-corrected chi connectivity index (χ1v) is 10.4. The summed E-state index contributed by atoms with van der Waals surface area (Å²) in [5.41, 5.74) is 0. The molecule has 0 radical (unpaired) electrons. The van der Waals surface area contributed by atoms with Crippen molar-refractivity contribution in [1.29, 1.82) is 0 Å². The summed E-state index contributed by atoms with van der Waals surface area (Å²) >= 11 is 0. The Hall–Kier alpha value is -1.58. The van der Waals surface area contributed by atoms with Gasteiger partial charge in [-0.25, -0.2) is 0 Å². The summed E-state index contributed by atoms with van der Waals surface area (Å²) < 4.78 is 5.11. The Bertz CT molecular complexity index is 433. The molecule has 1 fully saturated rings. The van der Waals surface area contributed by atoms with Crippen LogP contribution in [0.1, 0.15) is 89.9 Å². The highest BCUT2D eigenvalue weighted by Crippen LogP contribution is 2.27. The van der Waals surface area contributed by atoms with E-state index >= 15 is 0 Å². The van der Waals surface area contributed by atoms with E-state index in [1.54, 1.807) is 0 Å². The van der Waals surface area contributed by atoms with Crippen molar-refractivity contribution in [2.24, 2.45) is 5.92 Å². The van der Waals surface area contributed by atoms with Crippen molar-refractivity contribution in [1.82, 2.24) is 0 Å². The SMILES string of the molecule is O=C(O)CCCCC(=O)OCC/C=C\C/C=C\CCCC1CCCCC1. The summed E-state index contributed by atoms with van der Waals surface area (Å²) in [7, 11) is 0. The lowest BCUT2D eigenvalue weighted by Crippen LogP contribution is -2.05. The van der Waals surface area contributed by atoms with Crippen LogP contribution in [0.2, 0.25) is 0 Å². The highest BCUT2D eigenvalue weighted by Gasteiger charge is 2.11. The lowest BCUT2D eigenvalue weighted by molar-refractivity contribution is -0.144. The molecule has 0 unspecified atom stereocenters. The summed E-state index contributed by atoms with van der Waals surface area (Å²) in [5, 5.41) is 8.51. The monoisotopic (exact) mass is 364 g/mol. The number of carbonyl (C=O) groups is 2. The van der Waals surface area contributed by atoms with Crippen LogP contribution in [-0.2, 0) is 14.3 Å². The van der Waals surface area contributed by atoms with Gasteiger partial charge in [0.25, 0.3) is 0 Å². The second-order valence-electron chi connectivity index (χ2n) is 7.22. The van der Waals surface area contributed by atoms with E-state index < -0.39 is 5.97 Å². The van der Waals surface area contributed by atoms with E-state index in [2.05, 4.69) is 18.2 Å². The fourth-order valence-electron chi connectivity index (χ4n) is 3.37. The number of esters is 1. The van der Waals surface area contributed by atoms with E-state index in [0.29, 0.717) is 25.9 Å². The highest BCUT2D eigenvalue weighted by atomic mass is 16.5. The molecule has 0 saturated heterocycles. The largest absolute Gasteiger partial charge is 0.481 e. The van der Waals surface area contributed by atoms with E-state index in [0.717, 1.165) is 18.8 Å². The molecule has 0 aromatic carbocycles. The predicted molar refractivity (Wildman–Crippen MR) is 105 cm³/mol. The third-order valence-corrected chi connectivity index (χ3v) is 4.88. The zero-order valence-corrected chi connectivity index (χ0v) is 16.2. The molecule has 0 aromatic rings. The van der Waals surface area contributed by atoms with Gasteiger partial charge >= 0.3 is 11.9 Å². The summed E-state index contributed by atoms with van der Waals surface area (Å²) in [5.74, 6) is -0.0691. The van der Waals surface area contributed by atoms with Crippen molar-refractivity contribution in [2.45, 2.75) is 89.9 Å². The van der Waals surface area contributed by atoms with Gasteiger partial charge in [0, 0.05) is 12.8 Å². The Labute approximate surface area is 158 Å². The molecule has 1 rings (SSSR count). The molecular weight excluding hydrogens is 328 g/mol. The zero-order valence-electron chi connectivity index (χ0n) is 16.2. The van der Waals surface area contributed by atoms with Gasteiger partial charge in [0.1, 0.15) is 0 Å². The average Bonchev–Trinajstić information content (AvgIpc) is 2.64. The van der Waals surface area contributed by atoms with E-state index in [1.165, 1.54) is 51.4 Å². The molecule has 4 nitrogen and oxygen atoms in total. The van der Waals surface area contributed by atoms with Crippen molar-refractivity contribution in [2.75, 3.05) is 6.61 Å². The first-order valence-electron chi connectivity index (χ1n) is 10.4. The van der Waals surface area contributed by atoms with Gasteiger partial charge in [-0.3, -0.25) is 9.59 Å². The maximum atomic E-state index is 11.4. The quantitative estimate of drug-likeness (QED) is 0.240. The van der Waals surface area contributed by atoms with Crippen LogP contribution < -0.4 is 0 Å². The standard InChI is InChI=1S/C22H36O4/c23-21(24)17-11-12-18-22(25)26-19-13-6-4-2-1-3-5-8-14-20-15-9-7-10-16-20/h1,3-4,6,20H,2,5,7-19H2,(H,23,24)/b3-1-,6-4-. The zero-order chi connectivity index (χ0) is 18.9. The average molecular weight is 365 g/mol. The lowest BCUT2D eigenvalue weighted by Gasteiger charge is -2.20. The Morgan fingerprint density at radius 1 is 0.885 bits per heavy atom. The van der Waals surface area contributed by atoms with E-state index in [9.17, 15) is 9.59 Å². The van der Waals surface area contributed by atoms with Crippen molar-refractivity contribution >= 4 is 11.9 Å². The van der Waals surface area contributed by atoms with Crippen LogP contribution in [0.25, 0.3) is 0 Å². The normalized spacial score (nSPS) is 15.7. The van der Waals surface area contributed by atoms with E-state index in [1.807, 2.05) is 6.08 Å². The topological polar surface area (TPSA) is 63.6 Å². The number of aliphatic carboxylic acids is 1.